The van der Waals surface area contributed by atoms with Crippen LogP contribution >= 0.6 is 0 Å². The van der Waals surface area contributed by atoms with Crippen LogP contribution in [-0.2, 0) is 10.0 Å². The van der Waals surface area contributed by atoms with Crippen molar-refractivity contribution < 1.29 is 8.42 Å². The van der Waals surface area contributed by atoms with Gasteiger partial charge in [0.2, 0.25) is 0 Å². The fraction of sp³-hybridized carbons (Fsp3) is 0.308. The van der Waals surface area contributed by atoms with Crippen LogP contribution < -0.4 is 4.72 Å². The number of benzene rings is 1. The minimum Gasteiger partial charge on any atom is -0.281 e. The molecule has 1 aromatic heterocycles. The van der Waals surface area contributed by atoms with Gasteiger partial charge in [-0.1, -0.05) is 26.0 Å². The first kappa shape index (κ1) is 13.6. The van der Waals surface area contributed by atoms with Crippen molar-refractivity contribution in [3.63, 3.8) is 0 Å². The van der Waals surface area contributed by atoms with Crippen LogP contribution in [0, 0.1) is 6.92 Å². The standard InChI is InChI=1S/C13H17N3O2S/c1-9(2)11-4-6-12(7-5-11)16-19(17,18)13-8-14-15-10(13)3/h4-9,16H,1-3H3,(H,14,15). The summed E-state index contributed by atoms with van der Waals surface area (Å²) in [6, 6.07) is 7.38. The fourth-order valence-electron chi connectivity index (χ4n) is 1.76. The van der Waals surface area contributed by atoms with E-state index in [-0.39, 0.29) is 4.90 Å². The molecule has 0 saturated heterocycles. The number of rotatable bonds is 4. The number of nitrogens with one attached hydrogen (secondary N) is 2. The smallest absolute Gasteiger partial charge is 0.265 e. The van der Waals surface area contributed by atoms with Gasteiger partial charge in [-0.15, -0.1) is 0 Å². The Morgan fingerprint density at radius 2 is 1.84 bits per heavy atom. The molecule has 0 fully saturated rings. The third kappa shape index (κ3) is 2.96. The van der Waals surface area contributed by atoms with E-state index < -0.39 is 10.0 Å². The summed E-state index contributed by atoms with van der Waals surface area (Å²) in [5.41, 5.74) is 2.23. The number of anilines is 1. The lowest BCUT2D eigenvalue weighted by atomic mass is 10.0. The molecular weight excluding hydrogens is 262 g/mol. The quantitative estimate of drug-likeness (QED) is 0.903. The van der Waals surface area contributed by atoms with E-state index in [1.54, 1.807) is 19.1 Å². The van der Waals surface area contributed by atoms with Gasteiger partial charge < -0.3 is 0 Å². The summed E-state index contributed by atoms with van der Waals surface area (Å²) < 4.78 is 26.8. The number of H-pyrrole nitrogens is 1. The molecule has 0 bridgehead atoms. The monoisotopic (exact) mass is 279 g/mol. The number of hydrogen-bond donors (Lipinski definition) is 2. The molecule has 6 heteroatoms. The van der Waals surface area contributed by atoms with Gasteiger partial charge in [-0.2, -0.15) is 5.10 Å². The molecule has 0 atom stereocenters. The minimum atomic E-state index is -3.58. The van der Waals surface area contributed by atoms with Crippen molar-refractivity contribution in [1.82, 2.24) is 10.2 Å². The summed E-state index contributed by atoms with van der Waals surface area (Å²) in [4.78, 5) is 0.167. The second kappa shape index (κ2) is 5.05. The van der Waals surface area contributed by atoms with E-state index in [0.29, 0.717) is 17.3 Å². The van der Waals surface area contributed by atoms with Gasteiger partial charge in [-0.05, 0) is 30.5 Å². The Labute approximate surface area is 113 Å². The van der Waals surface area contributed by atoms with Crippen molar-refractivity contribution in [3.8, 4) is 0 Å². The van der Waals surface area contributed by atoms with E-state index in [9.17, 15) is 8.42 Å². The fourth-order valence-corrected chi connectivity index (χ4v) is 2.95. The van der Waals surface area contributed by atoms with Crippen molar-refractivity contribution in [2.24, 2.45) is 0 Å². The van der Waals surface area contributed by atoms with Gasteiger partial charge in [0.25, 0.3) is 10.0 Å². The molecule has 2 aromatic rings. The zero-order chi connectivity index (χ0) is 14.0. The lowest BCUT2D eigenvalue weighted by Gasteiger charge is -2.09. The molecule has 0 amide bonds. The normalized spacial score (nSPS) is 11.8. The molecule has 19 heavy (non-hydrogen) atoms. The Balaban J connectivity index is 2.24. The van der Waals surface area contributed by atoms with Crippen LogP contribution in [0.5, 0.6) is 0 Å². The molecule has 102 valence electrons. The number of aromatic nitrogens is 2. The lowest BCUT2D eigenvalue weighted by molar-refractivity contribution is 0.600. The average Bonchev–Trinajstić information content (AvgIpc) is 2.76. The summed E-state index contributed by atoms with van der Waals surface area (Å²) >= 11 is 0. The number of aryl methyl sites for hydroxylation is 1. The average molecular weight is 279 g/mol. The van der Waals surface area contributed by atoms with Gasteiger partial charge in [-0.3, -0.25) is 9.82 Å². The summed E-state index contributed by atoms with van der Waals surface area (Å²) in [6.45, 7) is 5.85. The zero-order valence-electron chi connectivity index (χ0n) is 11.1. The molecule has 0 unspecified atom stereocenters. The van der Waals surface area contributed by atoms with Crippen LogP contribution in [0.2, 0.25) is 0 Å². The molecule has 0 saturated carbocycles. The van der Waals surface area contributed by atoms with Crippen molar-refractivity contribution in [2.75, 3.05) is 4.72 Å². The second-order valence-electron chi connectivity index (χ2n) is 4.74. The summed E-state index contributed by atoms with van der Waals surface area (Å²) in [7, 11) is -3.58. The highest BCUT2D eigenvalue weighted by Crippen LogP contribution is 2.20. The second-order valence-corrected chi connectivity index (χ2v) is 6.39. The van der Waals surface area contributed by atoms with E-state index in [2.05, 4.69) is 28.8 Å². The molecule has 1 heterocycles. The van der Waals surface area contributed by atoms with Gasteiger partial charge in [0.05, 0.1) is 11.9 Å². The largest absolute Gasteiger partial charge is 0.281 e. The SMILES string of the molecule is Cc1[nH]ncc1S(=O)(=O)Nc1ccc(C(C)C)cc1. The lowest BCUT2D eigenvalue weighted by Crippen LogP contribution is -2.13. The van der Waals surface area contributed by atoms with Crippen molar-refractivity contribution in [3.05, 3.63) is 41.7 Å². The first-order valence-corrected chi connectivity index (χ1v) is 7.51. The number of nitrogens with zero attached hydrogens (tertiary/aromatic N) is 1. The number of aromatic amines is 1. The molecule has 2 rings (SSSR count). The van der Waals surface area contributed by atoms with Crippen LogP contribution in [0.25, 0.3) is 0 Å². The van der Waals surface area contributed by atoms with E-state index >= 15 is 0 Å². The van der Waals surface area contributed by atoms with Gasteiger partial charge >= 0.3 is 0 Å². The van der Waals surface area contributed by atoms with E-state index in [0.717, 1.165) is 0 Å². The highest BCUT2D eigenvalue weighted by molar-refractivity contribution is 7.92. The number of hydrogen-bond acceptors (Lipinski definition) is 3. The van der Waals surface area contributed by atoms with Crippen molar-refractivity contribution in [1.29, 1.82) is 0 Å². The van der Waals surface area contributed by atoms with Crippen LogP contribution in [0.15, 0.2) is 35.4 Å². The topological polar surface area (TPSA) is 74.8 Å². The Kier molecular flexibility index (Phi) is 3.61. The maximum Gasteiger partial charge on any atom is 0.265 e. The number of sulfonamides is 1. The summed E-state index contributed by atoms with van der Waals surface area (Å²) in [5, 5.41) is 6.34. The molecule has 0 aliphatic rings. The molecule has 0 aliphatic carbocycles. The summed E-state index contributed by atoms with van der Waals surface area (Å²) in [6.07, 6.45) is 1.31. The molecule has 0 spiro atoms. The Morgan fingerprint density at radius 3 is 2.32 bits per heavy atom. The van der Waals surface area contributed by atoms with E-state index in [1.165, 1.54) is 11.8 Å². The predicted octanol–water partition coefficient (Wildman–Crippen LogP) is 2.64. The zero-order valence-corrected chi connectivity index (χ0v) is 12.0. The molecule has 0 radical (unpaired) electrons. The maximum absolute atomic E-state index is 12.1. The van der Waals surface area contributed by atoms with E-state index in [4.69, 9.17) is 0 Å². The molecule has 5 nitrogen and oxygen atoms in total. The predicted molar refractivity (Wildman–Crippen MR) is 74.7 cm³/mol. The van der Waals surface area contributed by atoms with Crippen LogP contribution in [-0.4, -0.2) is 18.6 Å². The highest BCUT2D eigenvalue weighted by atomic mass is 32.2. The maximum atomic E-state index is 12.1. The Hall–Kier alpha value is -1.82. The third-order valence-electron chi connectivity index (χ3n) is 2.90. The molecule has 0 aliphatic heterocycles. The van der Waals surface area contributed by atoms with Gasteiger partial charge in [0, 0.05) is 5.69 Å². The highest BCUT2D eigenvalue weighted by Gasteiger charge is 2.18. The first-order valence-electron chi connectivity index (χ1n) is 6.03. The van der Waals surface area contributed by atoms with Gasteiger partial charge in [-0.25, -0.2) is 8.42 Å². The van der Waals surface area contributed by atoms with Crippen molar-refractivity contribution in [2.45, 2.75) is 31.6 Å². The van der Waals surface area contributed by atoms with Crippen LogP contribution in [0.4, 0.5) is 5.69 Å². The Bertz CT molecular complexity index is 657. The Morgan fingerprint density at radius 1 is 1.21 bits per heavy atom. The van der Waals surface area contributed by atoms with E-state index in [1.807, 2.05) is 12.1 Å². The van der Waals surface area contributed by atoms with Crippen LogP contribution in [0.3, 0.4) is 0 Å². The molecule has 2 N–H and O–H groups in total. The third-order valence-corrected chi connectivity index (χ3v) is 4.40. The van der Waals surface area contributed by atoms with Crippen LogP contribution in [0.1, 0.15) is 31.0 Å². The molecular formula is C13H17N3O2S. The molecule has 1 aromatic carbocycles. The van der Waals surface area contributed by atoms with Gasteiger partial charge in [0.15, 0.2) is 0 Å². The minimum absolute atomic E-state index is 0.167. The van der Waals surface area contributed by atoms with Gasteiger partial charge in [0.1, 0.15) is 4.90 Å². The first-order chi connectivity index (χ1) is 8.90. The summed E-state index contributed by atoms with van der Waals surface area (Å²) in [5.74, 6) is 0.418. The van der Waals surface area contributed by atoms with Crippen molar-refractivity contribution >= 4 is 15.7 Å².